The molecule has 3 rings (SSSR count). The van der Waals surface area contributed by atoms with Crippen LogP contribution in [0, 0.1) is 13.8 Å². The Morgan fingerprint density at radius 2 is 1.89 bits per heavy atom. The van der Waals surface area contributed by atoms with E-state index in [0.29, 0.717) is 31.9 Å². The molecule has 0 fully saturated rings. The van der Waals surface area contributed by atoms with Crippen LogP contribution in [0.4, 0.5) is 5.69 Å². The molecular weight excluding hydrogens is 427 g/mol. The van der Waals surface area contributed by atoms with Crippen LogP contribution in [0.5, 0.6) is 0 Å². The Morgan fingerprint density at radius 1 is 1.19 bits per heavy atom. The molecule has 0 bridgehead atoms. The zero-order valence-electron chi connectivity index (χ0n) is 14.7. The Morgan fingerprint density at radius 3 is 2.56 bits per heavy atom. The van der Waals surface area contributed by atoms with Gasteiger partial charge in [0.05, 0.1) is 10.7 Å². The lowest BCUT2D eigenvalue weighted by molar-refractivity contribution is 0.600. The third-order valence-electron chi connectivity index (χ3n) is 3.86. The fraction of sp³-hybridized carbons (Fsp3) is 0.176. The van der Waals surface area contributed by atoms with Gasteiger partial charge in [0.25, 0.3) is 10.0 Å². The fourth-order valence-corrected chi connectivity index (χ4v) is 5.64. The molecule has 27 heavy (non-hydrogen) atoms. The van der Waals surface area contributed by atoms with Gasteiger partial charge in [0.1, 0.15) is 11.2 Å². The minimum atomic E-state index is -3.95. The summed E-state index contributed by atoms with van der Waals surface area (Å²) < 4.78 is 30.5. The summed E-state index contributed by atoms with van der Waals surface area (Å²) in [5.74, 6) is 0. The van der Waals surface area contributed by atoms with Crippen molar-refractivity contribution in [1.29, 1.82) is 0 Å². The number of benzene rings is 2. The lowest BCUT2D eigenvalue weighted by Gasteiger charge is -2.16. The number of rotatable bonds is 5. The molecule has 0 saturated carbocycles. The molecular formula is C17H16Cl2N4O2S2. The van der Waals surface area contributed by atoms with Gasteiger partial charge in [-0.1, -0.05) is 35.3 Å². The quantitative estimate of drug-likeness (QED) is 0.619. The highest BCUT2D eigenvalue weighted by Crippen LogP contribution is 2.37. The summed E-state index contributed by atoms with van der Waals surface area (Å²) in [5.41, 5.74) is 1.41. The number of para-hydroxylation sites is 1. The SMILES string of the molecule is Cc1cc(Cl)c(C)c(S(=O)(=O)Nc2ccccc2Sc2nncn2C)c1Cl. The molecule has 2 aromatic carbocycles. The Bertz CT molecular complexity index is 1090. The molecule has 6 nitrogen and oxygen atoms in total. The van der Waals surface area contributed by atoms with Gasteiger partial charge in [-0.3, -0.25) is 4.72 Å². The molecule has 0 atom stereocenters. The number of nitrogens with zero attached hydrogens (tertiary/aromatic N) is 3. The van der Waals surface area contributed by atoms with Crippen LogP contribution in [0.3, 0.4) is 0 Å². The minimum absolute atomic E-state index is 0.0207. The van der Waals surface area contributed by atoms with Crippen molar-refractivity contribution in [3.63, 3.8) is 0 Å². The van der Waals surface area contributed by atoms with Crippen molar-refractivity contribution in [3.8, 4) is 0 Å². The second-order valence-corrected chi connectivity index (χ2v) is 9.29. The third kappa shape index (κ3) is 4.08. The highest BCUT2D eigenvalue weighted by molar-refractivity contribution is 7.99. The lowest BCUT2D eigenvalue weighted by atomic mass is 10.2. The Kier molecular flexibility index (Phi) is 5.71. The van der Waals surface area contributed by atoms with Crippen molar-refractivity contribution in [3.05, 3.63) is 57.8 Å². The van der Waals surface area contributed by atoms with Crippen molar-refractivity contribution >= 4 is 50.7 Å². The van der Waals surface area contributed by atoms with Gasteiger partial charge >= 0.3 is 0 Å². The number of hydrogen-bond acceptors (Lipinski definition) is 5. The first-order chi connectivity index (χ1) is 12.7. The van der Waals surface area contributed by atoms with Gasteiger partial charge in [-0.15, -0.1) is 10.2 Å². The van der Waals surface area contributed by atoms with Crippen molar-refractivity contribution in [1.82, 2.24) is 14.8 Å². The van der Waals surface area contributed by atoms with Gasteiger partial charge in [0, 0.05) is 17.0 Å². The summed E-state index contributed by atoms with van der Waals surface area (Å²) >= 11 is 13.8. The molecule has 0 aliphatic carbocycles. The number of aryl methyl sites for hydroxylation is 2. The average Bonchev–Trinajstić information content (AvgIpc) is 2.99. The molecule has 0 radical (unpaired) electrons. The topological polar surface area (TPSA) is 76.9 Å². The van der Waals surface area contributed by atoms with Crippen LogP contribution in [-0.4, -0.2) is 23.2 Å². The molecule has 142 valence electrons. The second kappa shape index (κ2) is 7.71. The van der Waals surface area contributed by atoms with Crippen molar-refractivity contribution < 1.29 is 8.42 Å². The van der Waals surface area contributed by atoms with Gasteiger partial charge < -0.3 is 4.57 Å². The average molecular weight is 443 g/mol. The van der Waals surface area contributed by atoms with Crippen LogP contribution in [0.2, 0.25) is 10.0 Å². The number of anilines is 1. The monoisotopic (exact) mass is 442 g/mol. The van der Waals surface area contributed by atoms with E-state index in [1.807, 2.05) is 13.1 Å². The second-order valence-electron chi connectivity index (χ2n) is 5.87. The Labute approximate surface area is 172 Å². The Hall–Kier alpha value is -1.74. The van der Waals surface area contributed by atoms with Crippen molar-refractivity contribution in [2.24, 2.45) is 7.05 Å². The maximum atomic E-state index is 13.1. The van der Waals surface area contributed by atoms with E-state index in [1.54, 1.807) is 49.0 Å². The molecule has 3 aromatic rings. The Balaban J connectivity index is 2.02. The summed E-state index contributed by atoms with van der Waals surface area (Å²) in [7, 11) is -2.14. The zero-order chi connectivity index (χ0) is 19.8. The van der Waals surface area contributed by atoms with Gasteiger partial charge in [0.15, 0.2) is 5.16 Å². The van der Waals surface area contributed by atoms with Gasteiger partial charge in [-0.25, -0.2) is 8.42 Å². The molecule has 0 spiro atoms. The highest BCUT2D eigenvalue weighted by Gasteiger charge is 2.25. The molecule has 0 aliphatic rings. The zero-order valence-corrected chi connectivity index (χ0v) is 17.8. The van der Waals surface area contributed by atoms with E-state index in [-0.39, 0.29) is 9.92 Å². The lowest BCUT2D eigenvalue weighted by Crippen LogP contribution is -2.16. The smallest absolute Gasteiger partial charge is 0.263 e. The maximum Gasteiger partial charge on any atom is 0.263 e. The number of halogens is 2. The predicted octanol–water partition coefficient (Wildman–Crippen LogP) is 4.69. The molecule has 10 heteroatoms. The van der Waals surface area contributed by atoms with Crippen molar-refractivity contribution in [2.75, 3.05) is 4.72 Å². The molecule has 1 aromatic heterocycles. The molecule has 0 unspecified atom stereocenters. The summed E-state index contributed by atoms with van der Waals surface area (Å²) in [4.78, 5) is 0.664. The maximum absolute atomic E-state index is 13.1. The normalized spacial score (nSPS) is 11.6. The van der Waals surface area contributed by atoms with Gasteiger partial charge in [-0.2, -0.15) is 0 Å². The minimum Gasteiger partial charge on any atom is -0.311 e. The third-order valence-corrected chi connectivity index (χ3v) is 7.52. The standard InChI is InChI=1S/C17H16Cl2N4O2S2/c1-10-8-12(18)11(2)16(15(10)19)27(24,25)22-13-6-4-5-7-14(13)26-17-21-20-9-23(17)3/h4-9,22H,1-3H3. The first-order valence-electron chi connectivity index (χ1n) is 7.79. The highest BCUT2D eigenvalue weighted by atomic mass is 35.5. The van der Waals surface area contributed by atoms with E-state index in [2.05, 4.69) is 14.9 Å². The molecule has 1 heterocycles. The van der Waals surface area contributed by atoms with Crippen LogP contribution >= 0.6 is 35.0 Å². The molecule has 0 saturated heterocycles. The van der Waals surface area contributed by atoms with E-state index < -0.39 is 10.0 Å². The van der Waals surface area contributed by atoms with E-state index >= 15 is 0 Å². The number of hydrogen-bond donors (Lipinski definition) is 1. The van der Waals surface area contributed by atoms with Gasteiger partial charge in [-0.05, 0) is 54.9 Å². The molecule has 0 amide bonds. The number of aromatic nitrogens is 3. The predicted molar refractivity (Wildman–Crippen MR) is 108 cm³/mol. The van der Waals surface area contributed by atoms with Crippen LogP contribution in [0.15, 0.2) is 51.6 Å². The summed E-state index contributed by atoms with van der Waals surface area (Å²) in [6.45, 7) is 3.34. The van der Waals surface area contributed by atoms with E-state index in [4.69, 9.17) is 23.2 Å². The largest absolute Gasteiger partial charge is 0.311 e. The van der Waals surface area contributed by atoms with Gasteiger partial charge in [0.2, 0.25) is 0 Å². The van der Waals surface area contributed by atoms with Crippen LogP contribution in [0.25, 0.3) is 0 Å². The van der Waals surface area contributed by atoms with Crippen LogP contribution in [0.1, 0.15) is 11.1 Å². The van der Waals surface area contributed by atoms with E-state index in [9.17, 15) is 8.42 Å². The van der Waals surface area contributed by atoms with E-state index in [0.717, 1.165) is 0 Å². The summed E-state index contributed by atoms with van der Waals surface area (Å²) in [6.07, 6.45) is 1.58. The number of sulfonamides is 1. The first kappa shape index (κ1) is 20.0. The first-order valence-corrected chi connectivity index (χ1v) is 10.8. The summed E-state index contributed by atoms with van der Waals surface area (Å²) in [5, 5.41) is 8.99. The van der Waals surface area contributed by atoms with Crippen molar-refractivity contribution in [2.45, 2.75) is 28.8 Å². The van der Waals surface area contributed by atoms with E-state index in [1.165, 1.54) is 11.8 Å². The molecule has 0 aliphatic heterocycles. The number of nitrogens with one attached hydrogen (secondary N) is 1. The van der Waals surface area contributed by atoms with Crippen LogP contribution in [-0.2, 0) is 17.1 Å². The molecule has 1 N–H and O–H groups in total. The summed E-state index contributed by atoms with van der Waals surface area (Å²) in [6, 6.07) is 8.69. The fourth-order valence-electron chi connectivity index (χ4n) is 2.43. The van der Waals surface area contributed by atoms with Crippen LogP contribution < -0.4 is 4.72 Å².